The van der Waals surface area contributed by atoms with E-state index < -0.39 is 0 Å². The second-order valence-electron chi connectivity index (χ2n) is 13.7. The Hall–Kier alpha value is -7.70. The van der Waals surface area contributed by atoms with Crippen LogP contribution in [0.4, 0.5) is 0 Å². The fraction of sp³-hybridized carbons (Fsp3) is 0. The van der Waals surface area contributed by atoms with E-state index in [2.05, 4.69) is 103 Å². The summed E-state index contributed by atoms with van der Waals surface area (Å²) in [5, 5.41) is 4.60. The van der Waals surface area contributed by atoms with Crippen LogP contribution in [0.25, 0.3) is 101 Å². The van der Waals surface area contributed by atoms with Crippen molar-refractivity contribution < 1.29 is 0 Å². The van der Waals surface area contributed by atoms with Crippen molar-refractivity contribution in [2.45, 2.75) is 0 Å². The van der Waals surface area contributed by atoms with Gasteiger partial charge >= 0.3 is 0 Å². The quantitative estimate of drug-likeness (QED) is 0.163. The minimum absolute atomic E-state index is 0.617. The molecule has 0 amide bonds. The lowest BCUT2D eigenvalue weighted by Crippen LogP contribution is -2.00. The Labute approximate surface area is 324 Å². The Kier molecular flexibility index (Phi) is 8.39. The summed E-state index contributed by atoms with van der Waals surface area (Å²) in [7, 11) is 0. The van der Waals surface area contributed by atoms with E-state index in [0.717, 1.165) is 72.5 Å². The molecule has 0 saturated carbocycles. The molecule has 6 heteroatoms. The molecule has 56 heavy (non-hydrogen) atoms. The molecule has 0 aliphatic rings. The van der Waals surface area contributed by atoms with Gasteiger partial charge in [0.25, 0.3) is 0 Å². The molecule has 0 bridgehead atoms. The number of fused-ring (bicyclic) bond motifs is 2. The van der Waals surface area contributed by atoms with Gasteiger partial charge < -0.3 is 0 Å². The van der Waals surface area contributed by atoms with Crippen molar-refractivity contribution in [1.29, 1.82) is 0 Å². The Morgan fingerprint density at radius 1 is 0.232 bits per heavy atom. The molecule has 10 aromatic rings. The molecule has 262 valence electrons. The van der Waals surface area contributed by atoms with Crippen molar-refractivity contribution in [2.75, 3.05) is 0 Å². The van der Waals surface area contributed by atoms with E-state index in [9.17, 15) is 0 Å². The van der Waals surface area contributed by atoms with Gasteiger partial charge in [-0.1, -0.05) is 152 Å². The van der Waals surface area contributed by atoms with Crippen molar-refractivity contribution in [3.8, 4) is 79.2 Å². The molecule has 0 saturated heterocycles. The largest absolute Gasteiger partial charge is 0.254 e. The van der Waals surface area contributed by atoms with Gasteiger partial charge in [-0.3, -0.25) is 9.97 Å². The molecule has 4 heterocycles. The van der Waals surface area contributed by atoms with Gasteiger partial charge in [-0.05, 0) is 63.2 Å². The van der Waals surface area contributed by atoms with Crippen molar-refractivity contribution in [2.24, 2.45) is 0 Å². The van der Waals surface area contributed by atoms with Gasteiger partial charge in [0.2, 0.25) is 0 Å². The molecule has 0 aliphatic heterocycles. The standard InChI is InChI=1S/C50H32N6/c1-3-12-35(13-4-1)48-54-49(36-14-5-2-6-15-36)56-50(55-48)37-22-19-34(20-23-37)42-25-26-44(51-32-42)46-29-43(40-24-21-33-11-7-8-16-38(33)27-40)30-47(53-46)45-28-39-17-9-10-18-41(39)31-52-45/h1-32H. The average Bonchev–Trinajstić information content (AvgIpc) is 3.29. The average molecular weight is 717 g/mol. The maximum atomic E-state index is 5.13. The highest BCUT2D eigenvalue weighted by atomic mass is 15.0. The van der Waals surface area contributed by atoms with E-state index in [1.54, 1.807) is 0 Å². The maximum Gasteiger partial charge on any atom is 0.164 e. The summed E-state index contributed by atoms with van der Waals surface area (Å²) in [6.07, 6.45) is 3.82. The molecule has 10 rings (SSSR count). The first-order valence-corrected chi connectivity index (χ1v) is 18.5. The van der Waals surface area contributed by atoms with Gasteiger partial charge in [-0.25, -0.2) is 19.9 Å². The third-order valence-electron chi connectivity index (χ3n) is 10.0. The van der Waals surface area contributed by atoms with Gasteiger partial charge in [0, 0.05) is 40.0 Å². The first-order valence-electron chi connectivity index (χ1n) is 18.5. The fourth-order valence-electron chi connectivity index (χ4n) is 7.02. The molecule has 0 fully saturated rings. The first-order chi connectivity index (χ1) is 27.7. The molecule has 6 nitrogen and oxygen atoms in total. The zero-order valence-electron chi connectivity index (χ0n) is 30.2. The summed E-state index contributed by atoms with van der Waals surface area (Å²) in [5.41, 5.74) is 10.1. The van der Waals surface area contributed by atoms with Crippen LogP contribution in [-0.4, -0.2) is 29.9 Å². The van der Waals surface area contributed by atoms with Gasteiger partial charge in [0.15, 0.2) is 17.5 Å². The van der Waals surface area contributed by atoms with Crippen LogP contribution in [0, 0.1) is 0 Å². The van der Waals surface area contributed by atoms with E-state index in [4.69, 9.17) is 29.9 Å². The summed E-state index contributed by atoms with van der Waals surface area (Å²) in [6, 6.07) is 62.0. The zero-order valence-corrected chi connectivity index (χ0v) is 30.2. The smallest absolute Gasteiger partial charge is 0.164 e. The molecule has 0 radical (unpaired) electrons. The minimum Gasteiger partial charge on any atom is -0.254 e. The molecule has 0 N–H and O–H groups in total. The van der Waals surface area contributed by atoms with Crippen LogP contribution >= 0.6 is 0 Å². The second-order valence-corrected chi connectivity index (χ2v) is 13.7. The summed E-state index contributed by atoms with van der Waals surface area (Å²) in [4.78, 5) is 29.5. The van der Waals surface area contributed by atoms with Crippen LogP contribution in [0.1, 0.15) is 0 Å². The van der Waals surface area contributed by atoms with Crippen LogP contribution in [0.2, 0.25) is 0 Å². The molecule has 0 aliphatic carbocycles. The Morgan fingerprint density at radius 3 is 1.34 bits per heavy atom. The van der Waals surface area contributed by atoms with Crippen molar-refractivity contribution in [1.82, 2.24) is 29.9 Å². The van der Waals surface area contributed by atoms with E-state index in [1.165, 1.54) is 10.8 Å². The molecule has 0 unspecified atom stereocenters. The highest BCUT2D eigenvalue weighted by Gasteiger charge is 2.14. The predicted octanol–water partition coefficient (Wildman–Crippen LogP) is 12.0. The highest BCUT2D eigenvalue weighted by molar-refractivity contribution is 5.89. The Bertz CT molecular complexity index is 2850. The zero-order chi connectivity index (χ0) is 37.3. The Morgan fingerprint density at radius 2 is 0.714 bits per heavy atom. The number of hydrogen-bond acceptors (Lipinski definition) is 6. The summed E-state index contributed by atoms with van der Waals surface area (Å²) in [6.45, 7) is 0. The van der Waals surface area contributed by atoms with Gasteiger partial charge in [0.1, 0.15) is 0 Å². The molecule has 6 aromatic carbocycles. The van der Waals surface area contributed by atoms with Crippen LogP contribution in [-0.2, 0) is 0 Å². The summed E-state index contributed by atoms with van der Waals surface area (Å²) < 4.78 is 0. The lowest BCUT2D eigenvalue weighted by Gasteiger charge is -2.11. The number of hydrogen-bond donors (Lipinski definition) is 0. The molecule has 0 atom stereocenters. The van der Waals surface area contributed by atoms with E-state index >= 15 is 0 Å². The lowest BCUT2D eigenvalue weighted by molar-refractivity contribution is 1.07. The van der Waals surface area contributed by atoms with Gasteiger partial charge in [0.05, 0.1) is 22.8 Å². The Balaban J connectivity index is 0.994. The molecular formula is C50H32N6. The van der Waals surface area contributed by atoms with E-state index in [0.29, 0.717) is 17.5 Å². The molecular weight excluding hydrogens is 685 g/mol. The van der Waals surface area contributed by atoms with Crippen molar-refractivity contribution >= 4 is 21.5 Å². The van der Waals surface area contributed by atoms with Crippen LogP contribution in [0.3, 0.4) is 0 Å². The maximum absolute atomic E-state index is 5.13. The number of nitrogens with zero attached hydrogens (tertiary/aromatic N) is 6. The first kappa shape index (κ1) is 32.9. The predicted molar refractivity (Wildman–Crippen MR) is 226 cm³/mol. The van der Waals surface area contributed by atoms with Crippen molar-refractivity contribution in [3.63, 3.8) is 0 Å². The summed E-state index contributed by atoms with van der Waals surface area (Å²) >= 11 is 0. The number of rotatable bonds is 7. The van der Waals surface area contributed by atoms with Crippen LogP contribution in [0.15, 0.2) is 194 Å². The summed E-state index contributed by atoms with van der Waals surface area (Å²) in [5.74, 6) is 1.89. The molecule has 0 spiro atoms. The third kappa shape index (κ3) is 6.57. The van der Waals surface area contributed by atoms with Crippen LogP contribution < -0.4 is 0 Å². The van der Waals surface area contributed by atoms with Gasteiger partial charge in [-0.2, -0.15) is 0 Å². The van der Waals surface area contributed by atoms with Crippen LogP contribution in [0.5, 0.6) is 0 Å². The highest BCUT2D eigenvalue weighted by Crippen LogP contribution is 2.33. The molecule has 4 aromatic heterocycles. The monoisotopic (exact) mass is 716 g/mol. The van der Waals surface area contributed by atoms with Crippen molar-refractivity contribution in [3.05, 3.63) is 194 Å². The van der Waals surface area contributed by atoms with Gasteiger partial charge in [-0.15, -0.1) is 0 Å². The third-order valence-corrected chi connectivity index (χ3v) is 10.0. The van der Waals surface area contributed by atoms with E-state index in [-0.39, 0.29) is 0 Å². The topological polar surface area (TPSA) is 77.3 Å². The lowest BCUT2D eigenvalue weighted by atomic mass is 9.99. The number of pyridine rings is 3. The minimum atomic E-state index is 0.617. The number of aromatic nitrogens is 6. The second kappa shape index (κ2) is 14.3. The normalized spacial score (nSPS) is 11.2. The number of benzene rings is 6. The SMILES string of the molecule is c1ccc(-c2nc(-c3ccccc3)nc(-c3ccc(-c4ccc(-c5cc(-c6ccc7ccccc7c6)cc(-c6cc7ccccc7cn6)n5)nc4)cc3)n2)cc1. The van der Waals surface area contributed by atoms with E-state index in [1.807, 2.05) is 91.3 Å². The fourth-order valence-corrected chi connectivity index (χ4v) is 7.02.